The Balaban J connectivity index is 1.30. The normalized spacial score (nSPS) is 23.6. The molecule has 0 N–H and O–H groups in total. The highest BCUT2D eigenvalue weighted by Crippen LogP contribution is 2.30. The first-order chi connectivity index (χ1) is 12.3. The van der Waals surface area contributed by atoms with E-state index in [1.807, 2.05) is 4.90 Å². The van der Waals surface area contributed by atoms with E-state index in [-0.39, 0.29) is 6.10 Å². The molecule has 1 amide bonds. The van der Waals surface area contributed by atoms with Gasteiger partial charge in [-0.3, -0.25) is 4.79 Å². The number of anilines is 1. The Hall–Kier alpha value is -1.97. The summed E-state index contributed by atoms with van der Waals surface area (Å²) in [6.45, 7) is 2.69. The minimum absolute atomic E-state index is 0.122. The molecule has 1 unspecified atom stereocenters. The Morgan fingerprint density at radius 2 is 1.92 bits per heavy atom. The van der Waals surface area contributed by atoms with Crippen LogP contribution < -0.4 is 9.64 Å². The number of hydrogen-bond donors (Lipinski definition) is 0. The zero-order chi connectivity index (χ0) is 17.1. The summed E-state index contributed by atoms with van der Waals surface area (Å²) >= 11 is 0. The number of carbonyl (C=O) groups is 1. The quantitative estimate of drug-likeness (QED) is 0.813. The van der Waals surface area contributed by atoms with Crippen LogP contribution in [0.25, 0.3) is 0 Å². The van der Waals surface area contributed by atoms with Gasteiger partial charge < -0.3 is 14.5 Å². The number of amides is 1. The molecule has 2 aliphatic heterocycles. The van der Waals surface area contributed by atoms with Gasteiger partial charge in [-0.2, -0.15) is 0 Å². The number of ether oxygens (including phenoxy) is 1. The first-order valence-electron chi connectivity index (χ1n) is 9.76. The number of hydrogen-bond acceptors (Lipinski definition) is 3. The standard InChI is InChI=1S/C21H28N2O2/c24-21(15-17-5-3-6-17)23-14-4-7-20(16-23)25-19-10-8-18(9-11-19)22-12-1-2-13-22/h1,8-12,17,20H,2-7,13-16H2. The number of likely N-dealkylation sites (tertiary alicyclic amines) is 1. The average molecular weight is 340 g/mol. The van der Waals surface area contributed by atoms with Gasteiger partial charge in [0, 0.05) is 31.4 Å². The summed E-state index contributed by atoms with van der Waals surface area (Å²) in [6, 6.07) is 8.34. The third-order valence-electron chi connectivity index (χ3n) is 5.71. The van der Waals surface area contributed by atoms with Crippen LogP contribution in [0.15, 0.2) is 36.5 Å². The maximum absolute atomic E-state index is 12.4. The second-order valence-electron chi connectivity index (χ2n) is 7.58. The van der Waals surface area contributed by atoms with E-state index < -0.39 is 0 Å². The lowest BCUT2D eigenvalue weighted by Gasteiger charge is -2.35. The average Bonchev–Trinajstić information content (AvgIpc) is 3.13. The van der Waals surface area contributed by atoms with Gasteiger partial charge in [0.05, 0.1) is 6.54 Å². The minimum Gasteiger partial charge on any atom is -0.489 e. The predicted octanol–water partition coefficient (Wildman–Crippen LogP) is 3.97. The van der Waals surface area contributed by atoms with E-state index in [0.717, 1.165) is 51.1 Å². The first kappa shape index (κ1) is 16.5. The third kappa shape index (κ3) is 4.00. The summed E-state index contributed by atoms with van der Waals surface area (Å²) in [5.41, 5.74) is 1.21. The van der Waals surface area contributed by atoms with E-state index >= 15 is 0 Å². The van der Waals surface area contributed by atoms with Crippen LogP contribution in [0.1, 0.15) is 44.9 Å². The van der Waals surface area contributed by atoms with Crippen molar-refractivity contribution in [2.45, 2.75) is 51.0 Å². The van der Waals surface area contributed by atoms with E-state index in [9.17, 15) is 4.79 Å². The largest absolute Gasteiger partial charge is 0.489 e. The summed E-state index contributed by atoms with van der Waals surface area (Å²) in [5, 5.41) is 0. The van der Waals surface area contributed by atoms with Gasteiger partial charge in [-0.25, -0.2) is 0 Å². The minimum atomic E-state index is 0.122. The van der Waals surface area contributed by atoms with Crippen molar-refractivity contribution in [1.29, 1.82) is 0 Å². The van der Waals surface area contributed by atoms with Gasteiger partial charge in [0.2, 0.25) is 5.91 Å². The molecule has 1 aromatic rings. The molecular weight excluding hydrogens is 312 g/mol. The van der Waals surface area contributed by atoms with Gasteiger partial charge in [-0.15, -0.1) is 0 Å². The summed E-state index contributed by atoms with van der Waals surface area (Å²) < 4.78 is 6.17. The van der Waals surface area contributed by atoms with Crippen molar-refractivity contribution in [2.24, 2.45) is 5.92 Å². The Labute approximate surface area is 150 Å². The lowest BCUT2D eigenvalue weighted by atomic mass is 9.82. The van der Waals surface area contributed by atoms with Crippen molar-refractivity contribution in [3.8, 4) is 5.75 Å². The second-order valence-corrected chi connectivity index (χ2v) is 7.58. The molecule has 1 saturated heterocycles. The molecule has 1 saturated carbocycles. The van der Waals surface area contributed by atoms with Gasteiger partial charge in [0.15, 0.2) is 0 Å². The molecule has 0 spiro atoms. The molecule has 1 aliphatic carbocycles. The van der Waals surface area contributed by atoms with Crippen LogP contribution in [-0.2, 0) is 4.79 Å². The number of nitrogens with zero attached hydrogens (tertiary/aromatic N) is 2. The number of rotatable bonds is 5. The van der Waals surface area contributed by atoms with E-state index in [0.29, 0.717) is 11.8 Å². The molecule has 1 atom stereocenters. The Kier molecular flexibility index (Phi) is 4.95. The Bertz CT molecular complexity index is 621. The van der Waals surface area contributed by atoms with Crippen LogP contribution in [0.5, 0.6) is 5.75 Å². The van der Waals surface area contributed by atoms with Crippen LogP contribution in [0, 0.1) is 5.92 Å². The van der Waals surface area contributed by atoms with Crippen LogP contribution in [0.2, 0.25) is 0 Å². The SMILES string of the molecule is O=C(CC1CCC1)N1CCCC(Oc2ccc(N3C=CCC3)cc2)C1. The van der Waals surface area contributed by atoms with Crippen LogP contribution in [0.4, 0.5) is 5.69 Å². The van der Waals surface area contributed by atoms with E-state index in [1.54, 1.807) is 0 Å². The van der Waals surface area contributed by atoms with E-state index in [1.165, 1.54) is 24.9 Å². The van der Waals surface area contributed by atoms with Crippen molar-refractivity contribution in [3.63, 3.8) is 0 Å². The Morgan fingerprint density at radius 3 is 2.60 bits per heavy atom. The molecule has 0 bridgehead atoms. The molecule has 4 heteroatoms. The third-order valence-corrected chi connectivity index (χ3v) is 5.71. The zero-order valence-electron chi connectivity index (χ0n) is 14.9. The summed E-state index contributed by atoms with van der Waals surface area (Å²) in [4.78, 5) is 16.7. The number of benzene rings is 1. The molecule has 0 radical (unpaired) electrons. The van der Waals surface area contributed by atoms with Crippen molar-refractivity contribution in [1.82, 2.24) is 4.90 Å². The molecule has 2 fully saturated rings. The topological polar surface area (TPSA) is 32.8 Å². The van der Waals surface area contributed by atoms with Crippen LogP contribution >= 0.6 is 0 Å². The molecule has 1 aromatic carbocycles. The van der Waals surface area contributed by atoms with E-state index in [2.05, 4.69) is 41.4 Å². The predicted molar refractivity (Wildman–Crippen MR) is 99.7 cm³/mol. The van der Waals surface area contributed by atoms with Crippen molar-refractivity contribution in [2.75, 3.05) is 24.5 Å². The van der Waals surface area contributed by atoms with Crippen LogP contribution in [0.3, 0.4) is 0 Å². The number of piperidine rings is 1. The molecule has 0 aromatic heterocycles. The fourth-order valence-electron chi connectivity index (χ4n) is 3.95. The van der Waals surface area contributed by atoms with Crippen LogP contribution in [-0.4, -0.2) is 36.5 Å². The molecule has 134 valence electrons. The fourth-order valence-corrected chi connectivity index (χ4v) is 3.95. The van der Waals surface area contributed by atoms with Crippen molar-refractivity contribution < 1.29 is 9.53 Å². The van der Waals surface area contributed by atoms with Crippen molar-refractivity contribution >= 4 is 11.6 Å². The van der Waals surface area contributed by atoms with Crippen molar-refractivity contribution in [3.05, 3.63) is 36.5 Å². The lowest BCUT2D eigenvalue weighted by Crippen LogP contribution is -2.45. The summed E-state index contributed by atoms with van der Waals surface area (Å²) in [7, 11) is 0. The highest BCUT2D eigenvalue weighted by molar-refractivity contribution is 5.76. The zero-order valence-corrected chi connectivity index (χ0v) is 14.9. The van der Waals surface area contributed by atoms with Gasteiger partial charge >= 0.3 is 0 Å². The summed E-state index contributed by atoms with van der Waals surface area (Å²) in [6.07, 6.45) is 12.2. The Morgan fingerprint density at radius 1 is 1.08 bits per heavy atom. The van der Waals surface area contributed by atoms with Gasteiger partial charge in [0.25, 0.3) is 0 Å². The fraction of sp³-hybridized carbons (Fsp3) is 0.571. The monoisotopic (exact) mass is 340 g/mol. The maximum atomic E-state index is 12.4. The highest BCUT2D eigenvalue weighted by atomic mass is 16.5. The van der Waals surface area contributed by atoms with Gasteiger partial charge in [-0.05, 0) is 62.3 Å². The molecule has 4 nitrogen and oxygen atoms in total. The lowest BCUT2D eigenvalue weighted by molar-refractivity contribution is -0.135. The maximum Gasteiger partial charge on any atom is 0.222 e. The molecule has 25 heavy (non-hydrogen) atoms. The second kappa shape index (κ2) is 7.51. The molecule has 2 heterocycles. The molecular formula is C21H28N2O2. The van der Waals surface area contributed by atoms with E-state index in [4.69, 9.17) is 4.74 Å². The molecule has 4 rings (SSSR count). The smallest absolute Gasteiger partial charge is 0.222 e. The highest BCUT2D eigenvalue weighted by Gasteiger charge is 2.28. The summed E-state index contributed by atoms with van der Waals surface area (Å²) in [5.74, 6) is 1.88. The first-order valence-corrected chi connectivity index (χ1v) is 9.76. The number of carbonyl (C=O) groups excluding carboxylic acids is 1. The molecule has 3 aliphatic rings. The van der Waals surface area contributed by atoms with Gasteiger partial charge in [-0.1, -0.05) is 12.5 Å². The van der Waals surface area contributed by atoms with Gasteiger partial charge in [0.1, 0.15) is 11.9 Å².